The van der Waals surface area contributed by atoms with Gasteiger partial charge in [-0.3, -0.25) is 14.5 Å². The normalized spacial score (nSPS) is 12.8. The number of anilines is 1. The van der Waals surface area contributed by atoms with E-state index in [1.165, 1.54) is 16.2 Å². The molecular formula is C40H44N2O4. The molecule has 0 saturated heterocycles. The van der Waals surface area contributed by atoms with Crippen LogP contribution >= 0.6 is 0 Å². The molecule has 0 bridgehead atoms. The van der Waals surface area contributed by atoms with Crippen LogP contribution in [0.25, 0.3) is 22.3 Å². The van der Waals surface area contributed by atoms with Crippen molar-refractivity contribution in [1.29, 1.82) is 0 Å². The summed E-state index contributed by atoms with van der Waals surface area (Å²) in [5.41, 5.74) is 8.78. The molecule has 1 heterocycles. The SMILES string of the molecule is CCc1c(-c2ccccc2)ccc(C(=O)OCCCN2C(=O)c3ccccc3C2=O)c1-c1ccc(N(CC)CC)c(C(C)(C)C)c1. The van der Waals surface area contributed by atoms with E-state index < -0.39 is 5.97 Å². The van der Waals surface area contributed by atoms with Crippen molar-refractivity contribution in [2.75, 3.05) is 31.1 Å². The molecule has 238 valence electrons. The van der Waals surface area contributed by atoms with Gasteiger partial charge in [0.2, 0.25) is 0 Å². The molecule has 0 aliphatic carbocycles. The highest BCUT2D eigenvalue weighted by molar-refractivity contribution is 6.21. The maximum Gasteiger partial charge on any atom is 0.338 e. The average molecular weight is 617 g/mol. The van der Waals surface area contributed by atoms with Gasteiger partial charge in [-0.05, 0) is 95.8 Å². The number of benzene rings is 4. The summed E-state index contributed by atoms with van der Waals surface area (Å²) >= 11 is 0. The Hall–Kier alpha value is -4.71. The minimum Gasteiger partial charge on any atom is -0.462 e. The van der Waals surface area contributed by atoms with E-state index in [9.17, 15) is 14.4 Å². The summed E-state index contributed by atoms with van der Waals surface area (Å²) in [6.07, 6.45) is 1.07. The Kier molecular flexibility index (Phi) is 9.76. The topological polar surface area (TPSA) is 66.9 Å². The molecule has 0 atom stereocenters. The molecule has 2 amide bonds. The molecule has 4 aromatic rings. The van der Waals surface area contributed by atoms with Crippen molar-refractivity contribution in [3.05, 3.63) is 113 Å². The molecule has 1 aliphatic rings. The molecular weight excluding hydrogens is 572 g/mol. The lowest BCUT2D eigenvalue weighted by Crippen LogP contribution is -2.31. The van der Waals surface area contributed by atoms with E-state index in [1.54, 1.807) is 24.3 Å². The summed E-state index contributed by atoms with van der Waals surface area (Å²) in [5.74, 6) is -1.03. The smallest absolute Gasteiger partial charge is 0.338 e. The van der Waals surface area contributed by atoms with Gasteiger partial charge in [0.15, 0.2) is 0 Å². The number of nitrogens with zero attached hydrogens (tertiary/aromatic N) is 2. The Balaban J connectivity index is 1.49. The first kappa shape index (κ1) is 32.7. The second-order valence-corrected chi connectivity index (χ2v) is 12.7. The van der Waals surface area contributed by atoms with Gasteiger partial charge in [0.1, 0.15) is 0 Å². The summed E-state index contributed by atoms with van der Waals surface area (Å²) in [4.78, 5) is 43.0. The van der Waals surface area contributed by atoms with Crippen LogP contribution < -0.4 is 4.90 Å². The number of carbonyl (C=O) groups is 3. The van der Waals surface area contributed by atoms with E-state index in [0.717, 1.165) is 47.3 Å². The molecule has 46 heavy (non-hydrogen) atoms. The molecule has 1 aliphatic heterocycles. The average Bonchev–Trinajstić information content (AvgIpc) is 3.31. The molecule has 0 fully saturated rings. The van der Waals surface area contributed by atoms with Crippen LogP contribution in [-0.2, 0) is 16.6 Å². The molecule has 0 unspecified atom stereocenters. The summed E-state index contributed by atoms with van der Waals surface area (Å²) in [6.45, 7) is 15.2. The Bertz CT molecular complexity index is 1710. The molecule has 6 nitrogen and oxygen atoms in total. The van der Waals surface area contributed by atoms with E-state index in [4.69, 9.17) is 4.74 Å². The third kappa shape index (κ3) is 6.34. The van der Waals surface area contributed by atoms with Gasteiger partial charge in [-0.2, -0.15) is 0 Å². The van der Waals surface area contributed by atoms with Gasteiger partial charge >= 0.3 is 5.97 Å². The summed E-state index contributed by atoms with van der Waals surface area (Å²) in [5, 5.41) is 0. The zero-order valence-electron chi connectivity index (χ0n) is 27.9. The maximum atomic E-state index is 13.8. The quantitative estimate of drug-likeness (QED) is 0.0960. The van der Waals surface area contributed by atoms with Gasteiger partial charge in [-0.25, -0.2) is 4.79 Å². The molecule has 6 heteroatoms. The monoisotopic (exact) mass is 616 g/mol. The number of imide groups is 1. The van der Waals surface area contributed by atoms with Crippen molar-refractivity contribution in [3.63, 3.8) is 0 Å². The van der Waals surface area contributed by atoms with Gasteiger partial charge in [0, 0.05) is 25.3 Å². The maximum absolute atomic E-state index is 13.8. The van der Waals surface area contributed by atoms with Gasteiger partial charge in [0.25, 0.3) is 11.8 Å². The lowest BCUT2D eigenvalue weighted by molar-refractivity contribution is 0.0483. The largest absolute Gasteiger partial charge is 0.462 e. The number of esters is 1. The van der Waals surface area contributed by atoms with E-state index >= 15 is 0 Å². The van der Waals surface area contributed by atoms with Crippen molar-refractivity contribution in [1.82, 2.24) is 4.90 Å². The Morgan fingerprint density at radius 1 is 0.761 bits per heavy atom. The third-order valence-electron chi connectivity index (χ3n) is 8.81. The number of fused-ring (bicyclic) bond motifs is 1. The van der Waals surface area contributed by atoms with E-state index in [1.807, 2.05) is 30.3 Å². The van der Waals surface area contributed by atoms with Crippen molar-refractivity contribution in [3.8, 4) is 22.3 Å². The molecule has 0 radical (unpaired) electrons. The van der Waals surface area contributed by atoms with E-state index in [0.29, 0.717) is 23.1 Å². The minimum atomic E-state index is -0.420. The zero-order valence-corrected chi connectivity index (χ0v) is 27.9. The summed E-state index contributed by atoms with van der Waals surface area (Å²) in [6, 6.07) is 27.6. The van der Waals surface area contributed by atoms with Crippen LogP contribution in [0.3, 0.4) is 0 Å². The first-order valence-corrected chi connectivity index (χ1v) is 16.3. The second kappa shape index (κ2) is 13.7. The van der Waals surface area contributed by atoms with E-state index in [-0.39, 0.29) is 30.4 Å². The first-order valence-electron chi connectivity index (χ1n) is 16.3. The lowest BCUT2D eigenvalue weighted by atomic mass is 9.81. The Morgan fingerprint density at radius 3 is 1.98 bits per heavy atom. The highest BCUT2D eigenvalue weighted by Gasteiger charge is 2.34. The molecule has 0 saturated carbocycles. The van der Waals surface area contributed by atoms with Crippen molar-refractivity contribution in [2.24, 2.45) is 0 Å². The van der Waals surface area contributed by atoms with Gasteiger partial charge in [0.05, 0.1) is 23.3 Å². The van der Waals surface area contributed by atoms with Crippen LogP contribution in [0.2, 0.25) is 0 Å². The molecule has 0 aromatic heterocycles. The lowest BCUT2D eigenvalue weighted by Gasteiger charge is -2.31. The summed E-state index contributed by atoms with van der Waals surface area (Å²) in [7, 11) is 0. The Morgan fingerprint density at radius 2 is 1.39 bits per heavy atom. The Labute approximate surface area is 273 Å². The number of amides is 2. The summed E-state index contributed by atoms with van der Waals surface area (Å²) < 4.78 is 5.84. The number of rotatable bonds is 11. The number of ether oxygens (including phenoxy) is 1. The number of hydrogen-bond donors (Lipinski definition) is 0. The first-order chi connectivity index (χ1) is 22.1. The van der Waals surface area contributed by atoms with Crippen molar-refractivity contribution in [2.45, 2.75) is 59.8 Å². The third-order valence-corrected chi connectivity index (χ3v) is 8.81. The molecule has 0 spiro atoms. The van der Waals surface area contributed by atoms with Gasteiger partial charge in [-0.15, -0.1) is 0 Å². The predicted molar refractivity (Wildman–Crippen MR) is 186 cm³/mol. The van der Waals surface area contributed by atoms with Crippen molar-refractivity contribution < 1.29 is 19.1 Å². The number of hydrogen-bond acceptors (Lipinski definition) is 5. The fourth-order valence-electron chi connectivity index (χ4n) is 6.44. The fraction of sp³-hybridized carbons (Fsp3) is 0.325. The van der Waals surface area contributed by atoms with Crippen molar-refractivity contribution >= 4 is 23.5 Å². The fourth-order valence-corrected chi connectivity index (χ4v) is 6.44. The molecule has 5 rings (SSSR count). The molecule has 0 N–H and O–H groups in total. The van der Waals surface area contributed by atoms with Crippen LogP contribution in [0.5, 0.6) is 0 Å². The standard InChI is InChI=1S/C40H44N2O4/c1-7-29-30(27-16-11-10-12-17-27)21-22-33(36(29)28-20-23-35(41(8-2)9-3)34(26-28)40(4,5)6)39(45)46-25-15-24-42-37(43)31-18-13-14-19-32(31)38(42)44/h10-14,16-23,26H,7-9,15,24-25H2,1-6H3. The minimum absolute atomic E-state index is 0.0850. The van der Waals surface area contributed by atoms with Crippen LogP contribution in [0.15, 0.2) is 84.9 Å². The highest BCUT2D eigenvalue weighted by atomic mass is 16.5. The zero-order chi connectivity index (χ0) is 33.0. The van der Waals surface area contributed by atoms with Crippen LogP contribution in [0.4, 0.5) is 5.69 Å². The van der Waals surface area contributed by atoms with Crippen LogP contribution in [-0.4, -0.2) is 48.9 Å². The highest BCUT2D eigenvalue weighted by Crippen LogP contribution is 2.40. The van der Waals surface area contributed by atoms with Gasteiger partial charge in [-0.1, -0.05) is 82.3 Å². The van der Waals surface area contributed by atoms with Crippen LogP contribution in [0.1, 0.15) is 90.2 Å². The van der Waals surface area contributed by atoms with Gasteiger partial charge < -0.3 is 9.64 Å². The predicted octanol–water partition coefficient (Wildman–Crippen LogP) is 8.57. The number of carbonyl (C=O) groups excluding carboxylic acids is 3. The molecule has 4 aromatic carbocycles. The second-order valence-electron chi connectivity index (χ2n) is 12.7. The van der Waals surface area contributed by atoms with Crippen LogP contribution in [0, 0.1) is 0 Å². The van der Waals surface area contributed by atoms with E-state index in [2.05, 4.69) is 76.8 Å².